The van der Waals surface area contributed by atoms with Crippen molar-refractivity contribution in [2.24, 2.45) is 5.41 Å². The Morgan fingerprint density at radius 1 is 0.944 bits per heavy atom. The Bertz CT molecular complexity index is 2120. The maximum Gasteiger partial charge on any atom is 0.422 e. The number of halogens is 4. The molecule has 1 aromatic heterocycles. The quantitative estimate of drug-likeness (QED) is 0.166. The third kappa shape index (κ3) is 10.6. The summed E-state index contributed by atoms with van der Waals surface area (Å²) >= 11 is 6.55. The fourth-order valence-electron chi connectivity index (χ4n) is 5.55. The van der Waals surface area contributed by atoms with Crippen molar-refractivity contribution in [1.82, 2.24) is 25.2 Å². The van der Waals surface area contributed by atoms with Crippen LogP contribution in [0, 0.1) is 5.41 Å². The van der Waals surface area contributed by atoms with Crippen molar-refractivity contribution in [3.05, 3.63) is 101 Å². The van der Waals surface area contributed by atoms with Crippen LogP contribution in [-0.2, 0) is 6.54 Å². The highest BCUT2D eigenvalue weighted by atomic mass is 35.5. The summed E-state index contributed by atoms with van der Waals surface area (Å²) in [4.78, 5) is 40.6. The molecule has 9 rings (SSSR count). The standard InChI is InChI=1S/C38H37ClF3N7O5/c1-37(2)21-44-32(50)26-9-12-28(13-10-26)45-34-46-33(47-35(48-34)53-23-38(40,41)42)43-20-24-8-15-31(30(39)18-24)52-17-5-16-49(22-37)36(51)54-29-14-11-25-6-3-4-7-27(25)19-29/h3-4,6-15,18-19H,5,16-17,20-23H2,1-2H3,(H,44,50)(H2,43,45,46,47,48). The number of benzene rings is 4. The molecule has 0 saturated carbocycles. The number of fused-ring (bicyclic) bond motifs is 1. The normalized spacial score (nSPS) is 15.3. The van der Waals surface area contributed by atoms with Gasteiger partial charge in [0.1, 0.15) is 11.5 Å². The summed E-state index contributed by atoms with van der Waals surface area (Å²) in [7, 11) is 0. The van der Waals surface area contributed by atoms with Gasteiger partial charge in [-0.3, -0.25) is 4.79 Å². The number of nitrogens with one attached hydrogen (secondary N) is 3. The summed E-state index contributed by atoms with van der Waals surface area (Å²) in [5, 5.41) is 11.1. The van der Waals surface area contributed by atoms with Gasteiger partial charge >= 0.3 is 18.3 Å². The van der Waals surface area contributed by atoms with Crippen LogP contribution in [0.1, 0.15) is 36.2 Å². The Labute approximate surface area is 314 Å². The molecule has 2 amide bonds. The maximum atomic E-state index is 13.6. The van der Waals surface area contributed by atoms with E-state index in [0.29, 0.717) is 46.3 Å². The molecular weight excluding hydrogens is 727 g/mol. The van der Waals surface area contributed by atoms with Crippen LogP contribution in [0.4, 0.5) is 35.5 Å². The van der Waals surface area contributed by atoms with Gasteiger partial charge in [-0.15, -0.1) is 0 Å². The number of anilines is 3. The molecule has 4 aliphatic rings. The first kappa shape index (κ1) is 37.9. The zero-order valence-corrected chi connectivity index (χ0v) is 30.1. The summed E-state index contributed by atoms with van der Waals surface area (Å²) < 4.78 is 55.3. The maximum absolute atomic E-state index is 13.6. The molecule has 0 radical (unpaired) electrons. The van der Waals surface area contributed by atoms with Crippen LogP contribution in [0.5, 0.6) is 17.5 Å². The molecule has 5 aromatic rings. The lowest BCUT2D eigenvalue weighted by atomic mass is 9.92. The van der Waals surface area contributed by atoms with Crippen LogP contribution in [-0.4, -0.2) is 70.9 Å². The third-order valence-electron chi connectivity index (χ3n) is 8.19. The topological polar surface area (TPSA) is 140 Å². The summed E-state index contributed by atoms with van der Waals surface area (Å²) in [5.74, 6) is 0.333. The molecule has 0 atom stereocenters. The molecular formula is C38H37ClF3N7O5. The molecule has 282 valence electrons. The van der Waals surface area contributed by atoms with Crippen molar-refractivity contribution in [3.8, 4) is 17.5 Å². The molecule has 4 aromatic carbocycles. The van der Waals surface area contributed by atoms with Gasteiger partial charge in [0.05, 0.1) is 11.6 Å². The summed E-state index contributed by atoms with van der Waals surface area (Å²) in [6.07, 6.45) is -4.70. The minimum absolute atomic E-state index is 0.0575. The van der Waals surface area contributed by atoms with Crippen molar-refractivity contribution in [2.75, 3.05) is 43.5 Å². The van der Waals surface area contributed by atoms with Gasteiger partial charge in [-0.05, 0) is 76.7 Å². The second kappa shape index (κ2) is 16.5. The average Bonchev–Trinajstić information content (AvgIpc) is 3.13. The van der Waals surface area contributed by atoms with Crippen molar-refractivity contribution >= 4 is 52.0 Å². The largest absolute Gasteiger partial charge is 0.492 e. The molecule has 16 heteroatoms. The van der Waals surface area contributed by atoms with Crippen molar-refractivity contribution in [3.63, 3.8) is 0 Å². The summed E-state index contributed by atoms with van der Waals surface area (Å²) in [6, 6.07) is 24.2. The monoisotopic (exact) mass is 763 g/mol. The number of amides is 2. The molecule has 12 nitrogen and oxygen atoms in total. The molecule has 5 heterocycles. The number of carbonyl (C=O) groups excluding carboxylic acids is 2. The van der Waals surface area contributed by atoms with E-state index in [1.807, 2.05) is 50.2 Å². The van der Waals surface area contributed by atoms with Crippen LogP contribution in [0.3, 0.4) is 0 Å². The van der Waals surface area contributed by atoms with E-state index in [4.69, 9.17) is 25.8 Å². The Morgan fingerprint density at radius 3 is 2.46 bits per heavy atom. The van der Waals surface area contributed by atoms with Gasteiger partial charge in [0.2, 0.25) is 11.9 Å². The molecule has 4 aliphatic heterocycles. The van der Waals surface area contributed by atoms with Crippen LogP contribution in [0.15, 0.2) is 84.9 Å². The molecule has 54 heavy (non-hydrogen) atoms. The minimum Gasteiger partial charge on any atom is -0.492 e. The number of aromatic nitrogens is 3. The third-order valence-corrected chi connectivity index (χ3v) is 8.49. The zero-order chi connectivity index (χ0) is 38.3. The second-order valence-electron chi connectivity index (χ2n) is 13.3. The highest BCUT2D eigenvalue weighted by Gasteiger charge is 2.30. The van der Waals surface area contributed by atoms with Gasteiger partial charge in [0, 0.05) is 37.4 Å². The smallest absolute Gasteiger partial charge is 0.422 e. The number of hydrogen-bond acceptors (Lipinski definition) is 10. The Morgan fingerprint density at radius 2 is 1.70 bits per heavy atom. The van der Waals surface area contributed by atoms with Crippen LogP contribution in [0.25, 0.3) is 10.8 Å². The number of nitrogens with zero attached hydrogens (tertiary/aromatic N) is 4. The van der Waals surface area contributed by atoms with E-state index in [0.717, 1.165) is 10.8 Å². The van der Waals surface area contributed by atoms with Crippen molar-refractivity contribution < 1.29 is 37.0 Å². The Hall–Kier alpha value is -5.83. The van der Waals surface area contributed by atoms with Gasteiger partial charge in [-0.1, -0.05) is 61.8 Å². The van der Waals surface area contributed by atoms with Crippen LogP contribution >= 0.6 is 11.6 Å². The van der Waals surface area contributed by atoms with E-state index in [9.17, 15) is 22.8 Å². The Kier molecular flexibility index (Phi) is 11.6. The second-order valence-corrected chi connectivity index (χ2v) is 13.7. The molecule has 6 bridgehead atoms. The lowest BCUT2D eigenvalue weighted by molar-refractivity contribution is -0.154. The highest BCUT2D eigenvalue weighted by Crippen LogP contribution is 2.28. The van der Waals surface area contributed by atoms with E-state index in [-0.39, 0.29) is 44.0 Å². The van der Waals surface area contributed by atoms with Crippen LogP contribution < -0.4 is 30.2 Å². The first-order valence-electron chi connectivity index (χ1n) is 17.0. The van der Waals surface area contributed by atoms with E-state index in [1.165, 1.54) is 0 Å². The first-order valence-corrected chi connectivity index (χ1v) is 17.4. The number of carbonyl (C=O) groups is 2. The van der Waals surface area contributed by atoms with E-state index >= 15 is 0 Å². The number of alkyl halides is 3. The van der Waals surface area contributed by atoms with Gasteiger partial charge in [0.15, 0.2) is 6.61 Å². The van der Waals surface area contributed by atoms with Gasteiger partial charge in [-0.25, -0.2) is 4.79 Å². The predicted molar refractivity (Wildman–Crippen MR) is 198 cm³/mol. The molecule has 0 fully saturated rings. The fraction of sp³-hybridized carbons (Fsp3) is 0.289. The molecule has 0 aliphatic carbocycles. The summed E-state index contributed by atoms with van der Waals surface area (Å²) in [6.45, 7) is 3.42. The lowest BCUT2D eigenvalue weighted by Gasteiger charge is -2.32. The zero-order valence-electron chi connectivity index (χ0n) is 29.4. The predicted octanol–water partition coefficient (Wildman–Crippen LogP) is 8.01. The Balaban J connectivity index is 1.23. The summed E-state index contributed by atoms with van der Waals surface area (Å²) in [5.41, 5.74) is 0.923. The lowest BCUT2D eigenvalue weighted by Crippen LogP contribution is -2.46. The molecule has 0 saturated heterocycles. The first-order chi connectivity index (χ1) is 25.8. The number of rotatable bonds is 3. The van der Waals surface area contributed by atoms with E-state index in [1.54, 1.807) is 53.4 Å². The van der Waals surface area contributed by atoms with Crippen LogP contribution in [0.2, 0.25) is 5.02 Å². The molecule has 0 unspecified atom stereocenters. The molecule has 3 N–H and O–H groups in total. The number of ether oxygens (including phenoxy) is 3. The number of hydrogen-bond donors (Lipinski definition) is 3. The van der Waals surface area contributed by atoms with Gasteiger partial charge in [0.25, 0.3) is 5.91 Å². The minimum atomic E-state index is -4.61. The SMILES string of the molecule is CC1(C)CNC(=O)c2ccc(cc2)Nc2nc(nc(OCC(F)(F)F)n2)NCc2ccc(c(Cl)c2)OCCCN(C(=O)Oc2ccc3ccccc3c2)C1. The average molecular weight is 764 g/mol. The molecule has 0 spiro atoms. The van der Waals surface area contributed by atoms with E-state index < -0.39 is 30.3 Å². The van der Waals surface area contributed by atoms with Gasteiger partial charge < -0.3 is 35.1 Å². The van der Waals surface area contributed by atoms with Crippen molar-refractivity contribution in [2.45, 2.75) is 33.0 Å². The van der Waals surface area contributed by atoms with E-state index in [2.05, 4.69) is 30.9 Å². The van der Waals surface area contributed by atoms with Crippen molar-refractivity contribution in [1.29, 1.82) is 0 Å². The highest BCUT2D eigenvalue weighted by molar-refractivity contribution is 6.32. The fourth-order valence-corrected chi connectivity index (χ4v) is 5.81. The van der Waals surface area contributed by atoms with Gasteiger partial charge in [-0.2, -0.15) is 28.1 Å².